The van der Waals surface area contributed by atoms with Gasteiger partial charge in [-0.1, -0.05) is 49.2 Å². The molecule has 4 rings (SSSR count). The Morgan fingerprint density at radius 1 is 0.964 bits per heavy atom. The van der Waals surface area contributed by atoms with Crippen molar-refractivity contribution in [1.82, 2.24) is 0 Å². The number of benzene rings is 3. The van der Waals surface area contributed by atoms with Crippen molar-refractivity contribution in [2.75, 3.05) is 25.5 Å². The molecule has 2 nitrogen and oxygen atoms in total. The van der Waals surface area contributed by atoms with E-state index in [1.807, 2.05) is 6.07 Å². The van der Waals surface area contributed by atoms with Gasteiger partial charge in [-0.25, -0.2) is 0 Å². The van der Waals surface area contributed by atoms with Crippen molar-refractivity contribution in [2.45, 2.75) is 19.8 Å². The third-order valence-electron chi connectivity index (χ3n) is 5.40. The molecule has 0 radical (unpaired) electrons. The number of anilines is 1. The Kier molecular flexibility index (Phi) is 5.23. The minimum absolute atomic E-state index is 0.820. The third-order valence-corrected chi connectivity index (χ3v) is 5.73. The Hall–Kier alpha value is -2.58. The summed E-state index contributed by atoms with van der Waals surface area (Å²) in [6, 6.07) is 19.3. The molecule has 0 aromatic heterocycles. The summed E-state index contributed by atoms with van der Waals surface area (Å²) in [4.78, 5) is 2.12. The lowest BCUT2D eigenvalue weighted by Gasteiger charge is -2.11. The number of hydrogen-bond acceptors (Lipinski definition) is 1. The van der Waals surface area contributed by atoms with Crippen molar-refractivity contribution in [1.29, 1.82) is 0 Å². The third kappa shape index (κ3) is 3.33. The van der Waals surface area contributed by atoms with Gasteiger partial charge in [0.2, 0.25) is 11.4 Å². The highest BCUT2D eigenvalue weighted by atomic mass is 35.5. The Morgan fingerprint density at radius 3 is 2.46 bits per heavy atom. The second kappa shape index (κ2) is 7.81. The Bertz CT molecular complexity index is 1080. The van der Waals surface area contributed by atoms with Gasteiger partial charge in [0.05, 0.1) is 10.9 Å². The number of nitrogens with zero attached hydrogens (tertiary/aromatic N) is 2. The molecule has 0 fully saturated rings. The van der Waals surface area contributed by atoms with Crippen LogP contribution in [-0.4, -0.2) is 30.9 Å². The number of hydrogen-bond donors (Lipinski definition) is 0. The summed E-state index contributed by atoms with van der Waals surface area (Å²) in [5.41, 5.74) is 6.21. The molecule has 0 saturated carbocycles. The highest BCUT2D eigenvalue weighted by Gasteiger charge is 2.30. The van der Waals surface area contributed by atoms with Crippen molar-refractivity contribution in [2.24, 2.45) is 0 Å². The van der Waals surface area contributed by atoms with Gasteiger partial charge in [-0.3, -0.25) is 0 Å². The number of allylic oxidation sites excluding steroid dienone is 1. The van der Waals surface area contributed by atoms with Crippen LogP contribution >= 0.6 is 11.6 Å². The van der Waals surface area contributed by atoms with Gasteiger partial charge in [0.1, 0.15) is 6.54 Å². The van der Waals surface area contributed by atoms with E-state index in [0.717, 1.165) is 23.4 Å². The lowest BCUT2D eigenvalue weighted by atomic mass is 10.0. The molecule has 3 aromatic rings. The summed E-state index contributed by atoms with van der Waals surface area (Å²) in [5, 5.41) is 3.23. The molecule has 0 aliphatic carbocycles. The Labute approximate surface area is 172 Å². The van der Waals surface area contributed by atoms with Gasteiger partial charge in [0, 0.05) is 48.8 Å². The molecule has 0 bridgehead atoms. The molecule has 3 aromatic carbocycles. The molecule has 0 saturated heterocycles. The van der Waals surface area contributed by atoms with Gasteiger partial charge in [-0.05, 0) is 35.9 Å². The monoisotopic (exact) mass is 389 g/mol. The Morgan fingerprint density at radius 2 is 1.75 bits per heavy atom. The smallest absolute Gasteiger partial charge is 0.214 e. The topological polar surface area (TPSA) is 6.25 Å². The summed E-state index contributed by atoms with van der Waals surface area (Å²) >= 11 is 6.49. The molecule has 0 amide bonds. The zero-order valence-electron chi connectivity index (χ0n) is 16.7. The molecule has 1 aliphatic rings. The first kappa shape index (κ1) is 18.8. The number of rotatable bonds is 6. The summed E-state index contributed by atoms with van der Waals surface area (Å²) in [7, 11) is 4.13. The van der Waals surface area contributed by atoms with Gasteiger partial charge in [-0.2, -0.15) is 4.58 Å². The number of halogens is 1. The van der Waals surface area contributed by atoms with Gasteiger partial charge < -0.3 is 4.90 Å². The fraction of sp³-hybridized carbons (Fsp3) is 0.240. The molecule has 3 heteroatoms. The minimum Gasteiger partial charge on any atom is -0.378 e. The van der Waals surface area contributed by atoms with E-state index < -0.39 is 0 Å². The van der Waals surface area contributed by atoms with Crippen LogP contribution in [0.25, 0.3) is 16.8 Å². The van der Waals surface area contributed by atoms with E-state index in [1.54, 1.807) is 0 Å². The van der Waals surface area contributed by atoms with Gasteiger partial charge >= 0.3 is 0 Å². The summed E-state index contributed by atoms with van der Waals surface area (Å²) in [6.07, 6.45) is 6.79. The lowest BCUT2D eigenvalue weighted by molar-refractivity contribution is -0.436. The van der Waals surface area contributed by atoms with Crippen LogP contribution < -0.4 is 4.90 Å². The second-order valence-electron chi connectivity index (χ2n) is 7.50. The van der Waals surface area contributed by atoms with E-state index >= 15 is 0 Å². The summed E-state index contributed by atoms with van der Waals surface area (Å²) < 4.78 is 2.45. The minimum atomic E-state index is 0.820. The van der Waals surface area contributed by atoms with E-state index in [4.69, 9.17) is 11.6 Å². The van der Waals surface area contributed by atoms with Crippen molar-refractivity contribution in [3.63, 3.8) is 0 Å². The molecular weight excluding hydrogens is 364 g/mol. The van der Waals surface area contributed by atoms with E-state index in [-0.39, 0.29) is 0 Å². The molecule has 1 aliphatic heterocycles. The van der Waals surface area contributed by atoms with E-state index in [2.05, 4.69) is 91.2 Å². The van der Waals surface area contributed by atoms with Crippen LogP contribution in [0.15, 0.2) is 60.7 Å². The van der Waals surface area contributed by atoms with E-state index in [9.17, 15) is 0 Å². The van der Waals surface area contributed by atoms with Crippen molar-refractivity contribution in [3.05, 3.63) is 76.8 Å². The van der Waals surface area contributed by atoms with Crippen molar-refractivity contribution < 1.29 is 4.58 Å². The fourth-order valence-corrected chi connectivity index (χ4v) is 4.08. The quantitative estimate of drug-likeness (QED) is 0.435. The molecule has 0 N–H and O–H groups in total. The summed E-state index contributed by atoms with van der Waals surface area (Å²) in [5.74, 6) is 0. The van der Waals surface area contributed by atoms with Crippen LogP contribution in [0.1, 0.15) is 30.9 Å². The van der Waals surface area contributed by atoms with Crippen molar-refractivity contribution in [3.8, 4) is 0 Å². The van der Waals surface area contributed by atoms with Crippen LogP contribution in [0, 0.1) is 0 Å². The first-order chi connectivity index (χ1) is 13.6. The van der Waals surface area contributed by atoms with Crippen LogP contribution in [0.5, 0.6) is 0 Å². The highest BCUT2D eigenvalue weighted by molar-refractivity contribution is 6.37. The van der Waals surface area contributed by atoms with E-state index in [1.165, 1.54) is 40.0 Å². The van der Waals surface area contributed by atoms with Crippen LogP contribution in [0.4, 0.5) is 11.4 Å². The van der Waals surface area contributed by atoms with Crippen LogP contribution in [0.2, 0.25) is 5.02 Å². The average Bonchev–Trinajstić information content (AvgIpc) is 3.01. The first-order valence-corrected chi connectivity index (χ1v) is 10.3. The van der Waals surface area contributed by atoms with Crippen molar-refractivity contribution >= 4 is 45.5 Å². The van der Waals surface area contributed by atoms with Gasteiger partial charge in [0.25, 0.3) is 0 Å². The normalized spacial score (nSPS) is 13.1. The average molecular weight is 390 g/mol. The molecule has 0 atom stereocenters. The summed E-state index contributed by atoms with van der Waals surface area (Å²) in [6.45, 7) is 3.25. The lowest BCUT2D eigenvalue weighted by Crippen LogP contribution is -2.13. The predicted octanol–water partition coefficient (Wildman–Crippen LogP) is 6.52. The molecule has 0 unspecified atom stereocenters. The SMILES string of the molecule is CCCC[N+]1=C(C=Cc2ccc(N(C)C)cc2)c2cccc3c(Cl)ccc1c23. The molecular formula is C25H26ClN2+. The second-order valence-corrected chi connectivity index (χ2v) is 7.91. The fourth-order valence-electron chi connectivity index (χ4n) is 3.86. The highest BCUT2D eigenvalue weighted by Crippen LogP contribution is 2.39. The van der Waals surface area contributed by atoms with Crippen LogP contribution in [0.3, 0.4) is 0 Å². The van der Waals surface area contributed by atoms with E-state index in [0.29, 0.717) is 0 Å². The Balaban J connectivity index is 1.78. The maximum absolute atomic E-state index is 6.49. The van der Waals surface area contributed by atoms with Crippen LogP contribution in [-0.2, 0) is 0 Å². The molecule has 0 spiro atoms. The molecule has 142 valence electrons. The molecule has 1 heterocycles. The van der Waals surface area contributed by atoms with Gasteiger partial charge in [0.15, 0.2) is 0 Å². The standard InChI is InChI=1S/C25H26ClN2/c1-4-5-17-28-23(15-11-18-9-12-19(13-10-18)27(2)3)21-8-6-7-20-22(26)14-16-24(28)25(20)21/h6-16H,4-5,17H2,1-3H3/q+1. The maximum atomic E-state index is 6.49. The first-order valence-electron chi connectivity index (χ1n) is 9.91. The zero-order valence-corrected chi connectivity index (χ0v) is 17.5. The zero-order chi connectivity index (χ0) is 19.7. The maximum Gasteiger partial charge on any atom is 0.214 e. The largest absolute Gasteiger partial charge is 0.378 e. The predicted molar refractivity (Wildman–Crippen MR) is 123 cm³/mol. The molecule has 28 heavy (non-hydrogen) atoms. The number of unbranched alkanes of at least 4 members (excludes halogenated alkanes) is 1. The van der Waals surface area contributed by atoms with Gasteiger partial charge in [-0.15, -0.1) is 0 Å².